The standard InChI is InChI=1S/C29H55N3O5S2/c1-3-4-5-6-7-8-9-10-11-12-13-14-15-16-17-18-20-30-29(33)37-26-28(36-2)25-31-39(34,35)24-19-21-32-22-23-38-27-32/h22-23,27-28,31H,3-21,24-26H2,1-2H3/p+1. The molecular formula is C29H56N3O5S2+. The summed E-state index contributed by atoms with van der Waals surface area (Å²) in [5, 5.41) is 4.72. The van der Waals surface area contributed by atoms with E-state index in [2.05, 4.69) is 17.0 Å². The van der Waals surface area contributed by atoms with Crippen molar-refractivity contribution in [3.63, 3.8) is 0 Å². The molecule has 0 aliphatic carbocycles. The van der Waals surface area contributed by atoms with Gasteiger partial charge in [0.25, 0.3) is 0 Å². The Morgan fingerprint density at radius 3 is 1.95 bits per heavy atom. The highest BCUT2D eigenvalue weighted by atomic mass is 32.2. The Morgan fingerprint density at radius 2 is 1.44 bits per heavy atom. The third kappa shape index (κ3) is 22.2. The number of sulfonamides is 1. The average Bonchev–Trinajstić information content (AvgIpc) is 3.44. The second kappa shape index (κ2) is 24.6. The number of methoxy groups -OCH3 is 1. The van der Waals surface area contributed by atoms with E-state index in [4.69, 9.17) is 9.47 Å². The molecule has 0 spiro atoms. The van der Waals surface area contributed by atoms with Crippen molar-refractivity contribution < 1.29 is 27.3 Å². The number of hydrogen-bond donors (Lipinski definition) is 2. The smallest absolute Gasteiger partial charge is 0.407 e. The number of carbonyl (C=O) groups excluding carboxylic acids is 1. The van der Waals surface area contributed by atoms with Crippen molar-refractivity contribution in [1.82, 2.24) is 10.0 Å². The van der Waals surface area contributed by atoms with Crippen LogP contribution in [0.1, 0.15) is 116 Å². The number of thiazole rings is 1. The van der Waals surface area contributed by atoms with Gasteiger partial charge in [-0.2, -0.15) is 4.57 Å². The largest absolute Gasteiger partial charge is 0.447 e. The fourth-order valence-electron chi connectivity index (χ4n) is 4.41. The first kappa shape index (κ1) is 35.8. The van der Waals surface area contributed by atoms with Crippen molar-refractivity contribution in [2.45, 2.75) is 129 Å². The van der Waals surface area contributed by atoms with Gasteiger partial charge >= 0.3 is 6.09 Å². The van der Waals surface area contributed by atoms with E-state index in [9.17, 15) is 13.2 Å². The molecule has 1 aromatic rings. The highest BCUT2D eigenvalue weighted by molar-refractivity contribution is 7.89. The van der Waals surface area contributed by atoms with Crippen molar-refractivity contribution in [2.24, 2.45) is 0 Å². The molecule has 0 aliphatic rings. The Morgan fingerprint density at radius 1 is 0.872 bits per heavy atom. The zero-order chi connectivity index (χ0) is 28.4. The van der Waals surface area contributed by atoms with Gasteiger partial charge in [-0.3, -0.25) is 0 Å². The summed E-state index contributed by atoms with van der Waals surface area (Å²) in [4.78, 5) is 11.9. The zero-order valence-corrected chi connectivity index (χ0v) is 26.3. The molecule has 1 amide bonds. The van der Waals surface area contributed by atoms with Crippen molar-refractivity contribution in [1.29, 1.82) is 0 Å². The highest BCUT2D eigenvalue weighted by Crippen LogP contribution is 2.13. The predicted octanol–water partition coefficient (Wildman–Crippen LogP) is 6.35. The van der Waals surface area contributed by atoms with E-state index >= 15 is 0 Å². The van der Waals surface area contributed by atoms with Gasteiger partial charge in [-0.15, -0.1) is 0 Å². The van der Waals surface area contributed by atoms with Gasteiger partial charge in [0, 0.05) is 26.6 Å². The number of ether oxygens (including phenoxy) is 2. The van der Waals surface area contributed by atoms with E-state index < -0.39 is 22.2 Å². The normalized spacial score (nSPS) is 12.5. The quantitative estimate of drug-likeness (QED) is 0.0920. The summed E-state index contributed by atoms with van der Waals surface area (Å²) >= 11 is 1.57. The lowest BCUT2D eigenvalue weighted by Crippen LogP contribution is -2.39. The van der Waals surface area contributed by atoms with Crippen LogP contribution in [0.25, 0.3) is 0 Å². The summed E-state index contributed by atoms with van der Waals surface area (Å²) in [7, 11) is -1.94. The van der Waals surface area contributed by atoms with Crippen LogP contribution < -0.4 is 14.6 Å². The van der Waals surface area contributed by atoms with Crippen molar-refractivity contribution in [3.05, 3.63) is 17.1 Å². The van der Waals surface area contributed by atoms with Gasteiger partial charge in [-0.25, -0.2) is 17.9 Å². The van der Waals surface area contributed by atoms with E-state index in [-0.39, 0.29) is 18.9 Å². The Balaban J connectivity index is 1.91. The summed E-state index contributed by atoms with van der Waals surface area (Å²) in [6, 6.07) is 0. The van der Waals surface area contributed by atoms with Gasteiger partial charge in [-0.05, 0) is 6.42 Å². The fraction of sp³-hybridized carbons (Fsp3) is 0.862. The van der Waals surface area contributed by atoms with Crippen molar-refractivity contribution in [2.75, 3.05) is 32.6 Å². The molecule has 1 aromatic heterocycles. The number of alkyl carbamates (subject to hydrolysis) is 1. The summed E-state index contributed by atoms with van der Waals surface area (Å²) in [5.41, 5.74) is 1.95. The molecule has 0 bridgehead atoms. The molecule has 1 atom stereocenters. The minimum atomic E-state index is -3.41. The third-order valence-electron chi connectivity index (χ3n) is 6.92. The van der Waals surface area contributed by atoms with E-state index in [0.717, 1.165) is 12.8 Å². The highest BCUT2D eigenvalue weighted by Gasteiger charge is 2.17. The van der Waals surface area contributed by atoms with Gasteiger partial charge < -0.3 is 14.8 Å². The molecule has 1 unspecified atom stereocenters. The minimum Gasteiger partial charge on any atom is -0.447 e. The molecule has 0 fully saturated rings. The van der Waals surface area contributed by atoms with E-state index in [1.54, 1.807) is 11.3 Å². The number of unbranched alkanes of at least 4 members (excludes halogenated alkanes) is 15. The molecule has 0 aliphatic heterocycles. The molecule has 0 radical (unpaired) electrons. The number of amides is 1. The van der Waals surface area contributed by atoms with Crippen LogP contribution in [0.3, 0.4) is 0 Å². The third-order valence-corrected chi connectivity index (χ3v) is 9.02. The van der Waals surface area contributed by atoms with E-state index in [1.165, 1.54) is 97.0 Å². The topological polar surface area (TPSA) is 97.6 Å². The fourth-order valence-corrected chi connectivity index (χ4v) is 6.13. The van der Waals surface area contributed by atoms with Gasteiger partial charge in [-0.1, -0.05) is 115 Å². The summed E-state index contributed by atoms with van der Waals surface area (Å²) in [6.07, 6.45) is 22.5. The second-order valence-corrected chi connectivity index (χ2v) is 13.2. The van der Waals surface area contributed by atoms with Gasteiger partial charge in [0.2, 0.25) is 15.5 Å². The molecule has 0 saturated heterocycles. The first-order valence-electron chi connectivity index (χ1n) is 15.3. The Bertz CT molecular complexity index is 791. The number of rotatable bonds is 27. The molecule has 8 nitrogen and oxygen atoms in total. The lowest BCUT2D eigenvalue weighted by molar-refractivity contribution is -0.692. The number of nitrogens with zero attached hydrogens (tertiary/aromatic N) is 1. The van der Waals surface area contributed by atoms with Crippen LogP contribution in [0.4, 0.5) is 4.79 Å². The first-order valence-corrected chi connectivity index (χ1v) is 17.9. The molecule has 39 heavy (non-hydrogen) atoms. The Labute approximate surface area is 242 Å². The number of carbonyl (C=O) groups is 1. The van der Waals surface area contributed by atoms with E-state index in [1.807, 2.05) is 21.7 Å². The molecule has 10 heteroatoms. The van der Waals surface area contributed by atoms with Crippen molar-refractivity contribution >= 4 is 27.5 Å². The van der Waals surface area contributed by atoms with Gasteiger partial charge in [0.05, 0.1) is 11.1 Å². The van der Waals surface area contributed by atoms with Crippen molar-refractivity contribution in [3.8, 4) is 0 Å². The van der Waals surface area contributed by atoms with Gasteiger partial charge in [0.1, 0.15) is 19.3 Å². The molecule has 0 aromatic carbocycles. The average molecular weight is 591 g/mol. The molecule has 1 heterocycles. The lowest BCUT2D eigenvalue weighted by atomic mass is 10.0. The summed E-state index contributed by atoms with van der Waals surface area (Å²) in [5.74, 6) is 0.0347. The molecule has 1 rings (SSSR count). The monoisotopic (exact) mass is 590 g/mol. The number of nitrogens with one attached hydrogen (secondary N) is 2. The molecule has 2 N–H and O–H groups in total. The Kier molecular flexibility index (Phi) is 22.5. The van der Waals surface area contributed by atoms with Crippen LogP contribution in [0.2, 0.25) is 0 Å². The maximum absolute atomic E-state index is 12.2. The lowest BCUT2D eigenvalue weighted by Gasteiger charge is -2.16. The van der Waals surface area contributed by atoms with Crippen LogP contribution in [0.15, 0.2) is 17.1 Å². The van der Waals surface area contributed by atoms with Crippen LogP contribution in [-0.2, 0) is 26.0 Å². The number of hydrogen-bond acceptors (Lipinski definition) is 6. The predicted molar refractivity (Wildman–Crippen MR) is 161 cm³/mol. The SMILES string of the molecule is CCCCCCCCCCCCCCCCCCNC(=O)OCC(CNS(=O)(=O)CCC[n+]1ccsc1)OC. The van der Waals surface area contributed by atoms with Crippen LogP contribution >= 0.6 is 11.3 Å². The molecule has 228 valence electrons. The Hall–Kier alpha value is -1.23. The summed E-state index contributed by atoms with van der Waals surface area (Å²) < 4.78 is 39.4. The zero-order valence-electron chi connectivity index (χ0n) is 24.7. The maximum atomic E-state index is 12.2. The second-order valence-electron chi connectivity index (χ2n) is 10.5. The summed E-state index contributed by atoms with van der Waals surface area (Å²) in [6.45, 7) is 3.57. The van der Waals surface area contributed by atoms with Crippen LogP contribution in [-0.4, -0.2) is 53.2 Å². The van der Waals surface area contributed by atoms with Gasteiger partial charge in [0.15, 0.2) is 6.20 Å². The molecular weight excluding hydrogens is 534 g/mol. The van der Waals surface area contributed by atoms with Crippen LogP contribution in [0.5, 0.6) is 0 Å². The number of aryl methyl sites for hydroxylation is 1. The maximum Gasteiger partial charge on any atom is 0.407 e. The van der Waals surface area contributed by atoms with Crippen LogP contribution in [0, 0.1) is 0 Å². The first-order chi connectivity index (χ1) is 19.0. The minimum absolute atomic E-state index is 0.00539. The number of aromatic nitrogens is 1. The van der Waals surface area contributed by atoms with E-state index in [0.29, 0.717) is 19.5 Å². The molecule has 0 saturated carbocycles.